The molecule has 0 aliphatic carbocycles. The standard InChI is InChI=1S/C17H21FN4O4/c1-12-17(22(24)25)13(2)21(20-12)11-16(23)19-9-3-4-10-26-15-7-5-14(18)6-8-15/h5-8H,3-4,9-11H2,1-2H3,(H,19,23). The van der Waals surface area contributed by atoms with Gasteiger partial charge >= 0.3 is 5.69 Å². The van der Waals surface area contributed by atoms with Crippen LogP contribution in [-0.2, 0) is 11.3 Å². The van der Waals surface area contributed by atoms with E-state index in [1.54, 1.807) is 26.0 Å². The molecule has 0 aliphatic heterocycles. The van der Waals surface area contributed by atoms with Crippen molar-refractivity contribution in [1.29, 1.82) is 0 Å². The quantitative estimate of drug-likeness (QED) is 0.419. The number of carbonyl (C=O) groups excluding carboxylic acids is 1. The van der Waals surface area contributed by atoms with Gasteiger partial charge in [-0.05, 0) is 51.0 Å². The van der Waals surface area contributed by atoms with Crippen molar-refractivity contribution in [3.63, 3.8) is 0 Å². The highest BCUT2D eigenvalue weighted by molar-refractivity contribution is 5.75. The van der Waals surface area contributed by atoms with E-state index in [2.05, 4.69) is 10.4 Å². The zero-order valence-corrected chi connectivity index (χ0v) is 14.7. The average Bonchev–Trinajstić information content (AvgIpc) is 2.86. The SMILES string of the molecule is Cc1nn(CC(=O)NCCCCOc2ccc(F)cc2)c(C)c1[N+](=O)[O-]. The van der Waals surface area contributed by atoms with Crippen molar-refractivity contribution >= 4 is 11.6 Å². The van der Waals surface area contributed by atoms with Gasteiger partial charge in [0, 0.05) is 6.54 Å². The lowest BCUT2D eigenvalue weighted by atomic mass is 10.3. The Morgan fingerprint density at radius 2 is 2.00 bits per heavy atom. The maximum absolute atomic E-state index is 12.8. The van der Waals surface area contributed by atoms with Crippen LogP contribution in [-0.4, -0.2) is 33.8 Å². The van der Waals surface area contributed by atoms with Crippen LogP contribution in [0.1, 0.15) is 24.2 Å². The highest BCUT2D eigenvalue weighted by Gasteiger charge is 2.22. The minimum atomic E-state index is -0.493. The van der Waals surface area contributed by atoms with E-state index in [-0.39, 0.29) is 24.0 Å². The van der Waals surface area contributed by atoms with Gasteiger partial charge < -0.3 is 10.1 Å². The minimum absolute atomic E-state index is 0.0595. The molecule has 26 heavy (non-hydrogen) atoms. The van der Waals surface area contributed by atoms with Crippen molar-refractivity contribution in [2.45, 2.75) is 33.2 Å². The summed E-state index contributed by atoms with van der Waals surface area (Å²) < 4.78 is 19.6. The number of hydrogen-bond donors (Lipinski definition) is 1. The van der Waals surface area contributed by atoms with Crippen LogP contribution in [0.3, 0.4) is 0 Å². The lowest BCUT2D eigenvalue weighted by Crippen LogP contribution is -2.29. The molecule has 0 fully saturated rings. The van der Waals surface area contributed by atoms with Crippen LogP contribution in [0.4, 0.5) is 10.1 Å². The van der Waals surface area contributed by atoms with Gasteiger partial charge in [0.1, 0.15) is 29.5 Å². The highest BCUT2D eigenvalue weighted by Crippen LogP contribution is 2.21. The van der Waals surface area contributed by atoms with Crippen LogP contribution in [0.5, 0.6) is 5.75 Å². The summed E-state index contributed by atoms with van der Waals surface area (Å²) in [5.74, 6) is 0.0273. The molecule has 9 heteroatoms. The molecule has 0 unspecified atom stereocenters. The Morgan fingerprint density at radius 3 is 2.62 bits per heavy atom. The smallest absolute Gasteiger partial charge is 0.312 e. The predicted molar refractivity (Wildman–Crippen MR) is 92.5 cm³/mol. The monoisotopic (exact) mass is 364 g/mol. The molecule has 0 saturated heterocycles. The number of nitrogens with zero attached hydrogens (tertiary/aromatic N) is 3. The van der Waals surface area contributed by atoms with Crippen molar-refractivity contribution < 1.29 is 18.8 Å². The van der Waals surface area contributed by atoms with Gasteiger partial charge in [-0.1, -0.05) is 0 Å². The van der Waals surface area contributed by atoms with Gasteiger partial charge in [0.25, 0.3) is 0 Å². The number of nitrogens with one attached hydrogen (secondary N) is 1. The maximum Gasteiger partial charge on any atom is 0.312 e. The number of hydrogen-bond acceptors (Lipinski definition) is 5. The minimum Gasteiger partial charge on any atom is -0.494 e. The van der Waals surface area contributed by atoms with Gasteiger partial charge in [-0.25, -0.2) is 4.39 Å². The molecule has 1 aromatic carbocycles. The fourth-order valence-corrected chi connectivity index (χ4v) is 2.47. The molecule has 1 aromatic heterocycles. The molecule has 0 bridgehead atoms. The van der Waals surface area contributed by atoms with E-state index in [0.717, 1.165) is 6.42 Å². The number of unbranched alkanes of at least 4 members (excludes halogenated alkanes) is 1. The fraction of sp³-hybridized carbons (Fsp3) is 0.412. The van der Waals surface area contributed by atoms with Gasteiger partial charge in [0.15, 0.2) is 0 Å². The molecular formula is C17H21FN4O4. The lowest BCUT2D eigenvalue weighted by Gasteiger charge is -2.08. The lowest BCUT2D eigenvalue weighted by molar-refractivity contribution is -0.386. The van der Waals surface area contributed by atoms with E-state index in [0.29, 0.717) is 36.7 Å². The van der Waals surface area contributed by atoms with E-state index >= 15 is 0 Å². The van der Waals surface area contributed by atoms with Gasteiger partial charge in [0.2, 0.25) is 5.91 Å². The van der Waals surface area contributed by atoms with Crippen molar-refractivity contribution in [1.82, 2.24) is 15.1 Å². The normalized spacial score (nSPS) is 10.6. The molecule has 1 heterocycles. The summed E-state index contributed by atoms with van der Waals surface area (Å²) in [5.41, 5.74) is 0.587. The summed E-state index contributed by atoms with van der Waals surface area (Å²) in [7, 11) is 0. The second kappa shape index (κ2) is 8.93. The Hall–Kier alpha value is -2.97. The van der Waals surface area contributed by atoms with E-state index < -0.39 is 4.92 Å². The molecule has 8 nitrogen and oxygen atoms in total. The Kier molecular flexibility index (Phi) is 6.65. The third-order valence-electron chi connectivity index (χ3n) is 3.79. The van der Waals surface area contributed by atoms with Crippen LogP contribution >= 0.6 is 0 Å². The van der Waals surface area contributed by atoms with Gasteiger partial charge in [-0.15, -0.1) is 0 Å². The van der Waals surface area contributed by atoms with Crippen LogP contribution in [0.2, 0.25) is 0 Å². The molecular weight excluding hydrogens is 343 g/mol. The van der Waals surface area contributed by atoms with E-state index in [9.17, 15) is 19.3 Å². The highest BCUT2D eigenvalue weighted by atomic mass is 19.1. The molecule has 1 N–H and O–H groups in total. The first-order valence-corrected chi connectivity index (χ1v) is 8.22. The first-order chi connectivity index (χ1) is 12.4. The van der Waals surface area contributed by atoms with Crippen molar-refractivity contribution in [3.8, 4) is 5.75 Å². The molecule has 0 saturated carbocycles. The van der Waals surface area contributed by atoms with Crippen molar-refractivity contribution in [2.24, 2.45) is 0 Å². The van der Waals surface area contributed by atoms with Crippen LogP contribution in [0.15, 0.2) is 24.3 Å². The van der Waals surface area contributed by atoms with E-state index in [1.165, 1.54) is 16.8 Å². The number of amides is 1. The van der Waals surface area contributed by atoms with Gasteiger partial charge in [0.05, 0.1) is 11.5 Å². The predicted octanol–water partition coefficient (Wildman–Crippen LogP) is 2.52. The van der Waals surface area contributed by atoms with Gasteiger partial charge in [-0.3, -0.25) is 19.6 Å². The number of halogens is 1. The Labute approximate surface area is 150 Å². The maximum atomic E-state index is 12.8. The number of nitro groups is 1. The number of carbonyl (C=O) groups is 1. The first-order valence-electron chi connectivity index (χ1n) is 8.22. The average molecular weight is 364 g/mol. The molecule has 0 spiro atoms. The van der Waals surface area contributed by atoms with Crippen LogP contribution in [0, 0.1) is 29.8 Å². The number of benzene rings is 1. The number of aromatic nitrogens is 2. The number of ether oxygens (including phenoxy) is 1. The number of aryl methyl sites for hydroxylation is 1. The van der Waals surface area contributed by atoms with Crippen LogP contribution < -0.4 is 10.1 Å². The van der Waals surface area contributed by atoms with Gasteiger partial charge in [-0.2, -0.15) is 5.10 Å². The summed E-state index contributed by atoms with van der Waals surface area (Å²) in [5, 5.41) is 17.7. The summed E-state index contributed by atoms with van der Waals surface area (Å²) in [6, 6.07) is 5.78. The largest absolute Gasteiger partial charge is 0.494 e. The summed E-state index contributed by atoms with van der Waals surface area (Å²) >= 11 is 0. The van der Waals surface area contributed by atoms with Crippen molar-refractivity contribution in [3.05, 3.63) is 51.6 Å². The zero-order chi connectivity index (χ0) is 19.1. The number of rotatable bonds is 9. The molecule has 1 amide bonds. The summed E-state index contributed by atoms with van der Waals surface area (Å²) in [6.07, 6.45) is 1.44. The zero-order valence-electron chi connectivity index (χ0n) is 14.7. The molecule has 0 aliphatic rings. The Balaban J connectivity index is 1.67. The third kappa shape index (κ3) is 5.27. The second-order valence-electron chi connectivity index (χ2n) is 5.79. The first kappa shape index (κ1) is 19.4. The Morgan fingerprint density at radius 1 is 1.31 bits per heavy atom. The topological polar surface area (TPSA) is 99.3 Å². The molecule has 2 aromatic rings. The fourth-order valence-electron chi connectivity index (χ4n) is 2.47. The molecule has 0 atom stereocenters. The van der Waals surface area contributed by atoms with E-state index in [1.807, 2.05) is 0 Å². The van der Waals surface area contributed by atoms with Crippen molar-refractivity contribution in [2.75, 3.05) is 13.2 Å². The molecule has 140 valence electrons. The van der Waals surface area contributed by atoms with E-state index in [4.69, 9.17) is 4.74 Å². The molecule has 2 rings (SSSR count). The summed E-state index contributed by atoms with van der Waals surface area (Å²) in [4.78, 5) is 22.4. The Bertz CT molecular complexity index is 774. The third-order valence-corrected chi connectivity index (χ3v) is 3.79. The second-order valence-corrected chi connectivity index (χ2v) is 5.79. The molecule has 0 radical (unpaired) electrons. The van der Waals surface area contributed by atoms with Crippen LogP contribution in [0.25, 0.3) is 0 Å². The summed E-state index contributed by atoms with van der Waals surface area (Å²) in [6.45, 7) is 3.98.